The average molecular weight is 197 g/mol. The van der Waals surface area contributed by atoms with E-state index in [1.807, 2.05) is 7.11 Å². The second-order valence-electron chi connectivity index (χ2n) is 3.04. The Morgan fingerprint density at radius 2 is 1.62 bits per heavy atom. The van der Waals surface area contributed by atoms with E-state index in [4.69, 9.17) is 4.52 Å². The van der Waals surface area contributed by atoms with Crippen molar-refractivity contribution in [1.82, 2.24) is 0 Å². The molecule has 0 aliphatic carbocycles. The van der Waals surface area contributed by atoms with Gasteiger partial charge in [-0.15, -0.1) is 0 Å². The Morgan fingerprint density at radius 3 is 2.00 bits per heavy atom. The minimum atomic E-state index is -1.29. The van der Waals surface area contributed by atoms with E-state index < -0.39 is 7.49 Å². The number of hydrogen-bond donors (Lipinski definition) is 0. The highest BCUT2D eigenvalue weighted by molar-refractivity contribution is 7.78. The molecule has 1 nitrogen and oxygen atoms in total. The molecule has 1 aromatic carbocycles. The third-order valence-corrected chi connectivity index (χ3v) is 6.58. The summed E-state index contributed by atoms with van der Waals surface area (Å²) in [7, 11) is 0.550. The van der Waals surface area contributed by atoms with Gasteiger partial charge in [0.15, 0.2) is 7.49 Å². The number of benzene rings is 1. The molecule has 0 radical (unpaired) electrons. The largest absolute Gasteiger partial charge is 0.236 e. The van der Waals surface area contributed by atoms with Crippen LogP contribution in [0.25, 0.3) is 0 Å². The van der Waals surface area contributed by atoms with Crippen LogP contribution in [0.3, 0.4) is 0 Å². The lowest BCUT2D eigenvalue weighted by Gasteiger charge is -2.20. The molecule has 0 atom stereocenters. The van der Waals surface area contributed by atoms with Crippen molar-refractivity contribution >= 4 is 12.8 Å². The summed E-state index contributed by atoms with van der Waals surface area (Å²) in [5.41, 5.74) is 0. The van der Waals surface area contributed by atoms with Crippen LogP contribution in [0.15, 0.2) is 30.3 Å². The predicted molar refractivity (Wildman–Crippen MR) is 61.1 cm³/mol. The smallest absolute Gasteiger partial charge is 0.176 e. The fourth-order valence-corrected chi connectivity index (χ4v) is 4.27. The second-order valence-corrected chi connectivity index (χ2v) is 6.96. The first-order valence-corrected chi connectivity index (χ1v) is 6.85. The first-order chi connectivity index (χ1) is 6.29. The van der Waals surface area contributed by atoms with E-state index in [1.54, 1.807) is 0 Å². The van der Waals surface area contributed by atoms with E-state index in [0.717, 1.165) is 12.3 Å². The Kier molecular flexibility index (Phi) is 3.90. The van der Waals surface area contributed by atoms with Crippen molar-refractivity contribution < 1.29 is 4.52 Å². The predicted octanol–water partition coefficient (Wildman–Crippen LogP) is 2.93. The lowest BCUT2D eigenvalue weighted by molar-refractivity contribution is 0.452. The van der Waals surface area contributed by atoms with Crippen LogP contribution in [0.4, 0.5) is 0 Å². The molecule has 0 bridgehead atoms. The Morgan fingerprint density at radius 1 is 1.08 bits per heavy atom. The van der Waals surface area contributed by atoms with Crippen LogP contribution < -0.4 is 5.30 Å². The molecule has 13 heavy (non-hydrogen) atoms. The van der Waals surface area contributed by atoms with Crippen LogP contribution >= 0.6 is 7.49 Å². The maximum Gasteiger partial charge on any atom is 0.176 e. The van der Waals surface area contributed by atoms with E-state index in [-0.39, 0.29) is 0 Å². The van der Waals surface area contributed by atoms with Gasteiger partial charge in [-0.25, -0.2) is 4.52 Å². The molecule has 1 rings (SSSR count). The van der Waals surface area contributed by atoms with Crippen LogP contribution in [0.2, 0.25) is 0 Å². The molecule has 0 heterocycles. The Labute approximate surface area is 81.5 Å². The van der Waals surface area contributed by atoms with E-state index in [9.17, 15) is 0 Å². The van der Waals surface area contributed by atoms with Gasteiger partial charge in [-0.3, -0.25) is 0 Å². The molecule has 0 unspecified atom stereocenters. The average Bonchev–Trinajstić information content (AvgIpc) is 2.23. The molecule has 0 aliphatic rings. The van der Waals surface area contributed by atoms with Gasteiger partial charge in [0.1, 0.15) is 5.30 Å². The van der Waals surface area contributed by atoms with Crippen LogP contribution in [0, 0.1) is 0 Å². The molecule has 0 amide bonds. The van der Waals surface area contributed by atoms with Crippen molar-refractivity contribution in [3.8, 4) is 0 Å². The fourth-order valence-electron chi connectivity index (χ4n) is 1.65. The van der Waals surface area contributed by atoms with E-state index >= 15 is 0 Å². The Hall–Kier alpha value is -0.390. The normalized spacial score (nSPS) is 11.6. The van der Waals surface area contributed by atoms with Crippen LogP contribution in [-0.2, 0) is 4.52 Å². The van der Waals surface area contributed by atoms with Gasteiger partial charge in [0, 0.05) is 0 Å². The molecule has 72 valence electrons. The summed E-state index contributed by atoms with van der Waals surface area (Å²) in [6, 6.07) is 10.6. The third kappa shape index (κ3) is 2.10. The molecule has 0 saturated carbocycles. The van der Waals surface area contributed by atoms with Crippen molar-refractivity contribution in [2.24, 2.45) is 0 Å². The lowest BCUT2D eigenvalue weighted by atomic mass is 10.4. The molecule has 0 aromatic heterocycles. The highest BCUT2D eigenvalue weighted by Crippen LogP contribution is 2.57. The van der Waals surface area contributed by atoms with E-state index in [2.05, 4.69) is 44.2 Å². The summed E-state index contributed by atoms with van der Waals surface area (Å²) >= 11 is 0. The summed E-state index contributed by atoms with van der Waals surface area (Å²) in [5.74, 6) is 0. The highest BCUT2D eigenvalue weighted by atomic mass is 31.2. The maximum atomic E-state index is 5.73. The standard InChI is InChI=1S/C11H18OP/c1-4-13(5-2,12-3)11-9-7-6-8-10-11/h6-10H,4-5H2,1-3H3/q+1. The highest BCUT2D eigenvalue weighted by Gasteiger charge is 2.36. The van der Waals surface area contributed by atoms with Crippen molar-refractivity contribution in [3.05, 3.63) is 30.3 Å². The SMILES string of the molecule is CC[P+](CC)(OC)c1ccccc1. The zero-order chi connectivity index (χ0) is 9.73. The topological polar surface area (TPSA) is 9.23 Å². The zero-order valence-corrected chi connectivity index (χ0v) is 9.55. The van der Waals surface area contributed by atoms with Crippen molar-refractivity contribution in [2.75, 3.05) is 19.4 Å². The minimum Gasteiger partial charge on any atom is -0.236 e. The quantitative estimate of drug-likeness (QED) is 0.674. The van der Waals surface area contributed by atoms with Crippen molar-refractivity contribution in [2.45, 2.75) is 13.8 Å². The van der Waals surface area contributed by atoms with Crippen LogP contribution in [0.1, 0.15) is 13.8 Å². The summed E-state index contributed by atoms with van der Waals surface area (Å²) in [4.78, 5) is 0. The molecular formula is C11H18OP+. The van der Waals surface area contributed by atoms with Gasteiger partial charge in [0.2, 0.25) is 0 Å². The Bertz CT molecular complexity index is 233. The van der Waals surface area contributed by atoms with E-state index in [0.29, 0.717) is 0 Å². The summed E-state index contributed by atoms with van der Waals surface area (Å²) < 4.78 is 5.73. The maximum absolute atomic E-state index is 5.73. The summed E-state index contributed by atoms with van der Waals surface area (Å²) in [5, 5.41) is 1.39. The Balaban J connectivity index is 3.01. The summed E-state index contributed by atoms with van der Waals surface area (Å²) in [6.45, 7) is 4.43. The molecule has 0 N–H and O–H groups in total. The molecule has 2 heteroatoms. The first-order valence-electron chi connectivity index (χ1n) is 4.77. The van der Waals surface area contributed by atoms with Gasteiger partial charge in [0.05, 0.1) is 19.4 Å². The van der Waals surface area contributed by atoms with Gasteiger partial charge >= 0.3 is 0 Å². The van der Waals surface area contributed by atoms with Gasteiger partial charge in [0.25, 0.3) is 0 Å². The van der Waals surface area contributed by atoms with Gasteiger partial charge in [-0.2, -0.15) is 0 Å². The molecule has 0 spiro atoms. The van der Waals surface area contributed by atoms with Crippen LogP contribution in [0.5, 0.6) is 0 Å². The van der Waals surface area contributed by atoms with E-state index in [1.165, 1.54) is 5.30 Å². The van der Waals surface area contributed by atoms with Crippen molar-refractivity contribution in [1.29, 1.82) is 0 Å². The van der Waals surface area contributed by atoms with Gasteiger partial charge < -0.3 is 0 Å². The zero-order valence-electron chi connectivity index (χ0n) is 8.66. The molecule has 0 fully saturated rings. The fraction of sp³-hybridized carbons (Fsp3) is 0.455. The van der Waals surface area contributed by atoms with Gasteiger partial charge in [-0.05, 0) is 26.0 Å². The number of rotatable bonds is 4. The summed E-state index contributed by atoms with van der Waals surface area (Å²) in [6.07, 6.45) is 2.26. The minimum absolute atomic E-state index is 1.13. The molecule has 1 aromatic rings. The second kappa shape index (κ2) is 4.74. The first kappa shape index (κ1) is 10.7. The molecule has 0 aliphatic heterocycles. The lowest BCUT2D eigenvalue weighted by Crippen LogP contribution is -2.16. The monoisotopic (exact) mass is 197 g/mol. The van der Waals surface area contributed by atoms with Gasteiger partial charge in [-0.1, -0.05) is 18.2 Å². The number of hydrogen-bond acceptors (Lipinski definition) is 1. The van der Waals surface area contributed by atoms with Crippen molar-refractivity contribution in [3.63, 3.8) is 0 Å². The molecule has 0 saturated heterocycles. The molecular weight excluding hydrogens is 179 g/mol. The third-order valence-electron chi connectivity index (χ3n) is 2.60. The van der Waals surface area contributed by atoms with Crippen LogP contribution in [-0.4, -0.2) is 19.4 Å².